The van der Waals surface area contributed by atoms with Gasteiger partial charge in [-0.25, -0.2) is 22.7 Å². The largest absolute Gasteiger partial charge is 0.356 e. The van der Waals surface area contributed by atoms with Gasteiger partial charge in [-0.15, -0.1) is 0 Å². The molecule has 0 radical (unpaired) electrons. The minimum atomic E-state index is -3.16. The Morgan fingerprint density at radius 1 is 0.897 bits per heavy atom. The molecule has 0 N–H and O–H groups in total. The third kappa shape index (κ3) is 6.28. The Hall–Kier alpha value is -2.56. The SMILES string of the molecule is Cc1c(C(=O)N2CCC(N3CCC(N(C)S(C)(=O)=O)CC3)CC2)ncnc1N1CCC(c2ccccc2)CC1. The fraction of sp³-hybridized carbons (Fsp3) is 0.621. The summed E-state index contributed by atoms with van der Waals surface area (Å²) in [6, 6.07) is 11.2. The summed E-state index contributed by atoms with van der Waals surface area (Å²) in [5.41, 5.74) is 2.80. The molecule has 1 aromatic heterocycles. The second-order valence-corrected chi connectivity index (χ2v) is 13.5. The number of amides is 1. The topological polar surface area (TPSA) is 90.0 Å². The molecule has 1 amide bonds. The lowest BCUT2D eigenvalue weighted by atomic mass is 9.89. The molecule has 5 rings (SSSR count). The average Bonchev–Trinajstić information content (AvgIpc) is 2.97. The van der Waals surface area contributed by atoms with Gasteiger partial charge in [-0.3, -0.25) is 4.79 Å². The molecule has 2 aromatic rings. The van der Waals surface area contributed by atoms with Crippen LogP contribution in [0.25, 0.3) is 0 Å². The van der Waals surface area contributed by atoms with Crippen LogP contribution in [-0.2, 0) is 10.0 Å². The Morgan fingerprint density at radius 3 is 2.15 bits per heavy atom. The van der Waals surface area contributed by atoms with Crippen LogP contribution in [0.3, 0.4) is 0 Å². The molecule has 3 saturated heterocycles. The minimum Gasteiger partial charge on any atom is -0.356 e. The zero-order chi connectivity index (χ0) is 27.6. The Bertz CT molecular complexity index is 1230. The van der Waals surface area contributed by atoms with Crippen molar-refractivity contribution in [2.75, 3.05) is 57.5 Å². The Balaban J connectivity index is 1.15. The molecule has 1 aromatic carbocycles. The number of nitrogens with zero attached hydrogens (tertiary/aromatic N) is 6. The number of carbonyl (C=O) groups is 1. The fourth-order valence-electron chi connectivity index (χ4n) is 6.59. The fourth-order valence-corrected chi connectivity index (χ4v) is 7.35. The van der Waals surface area contributed by atoms with Crippen LogP contribution in [0.5, 0.6) is 0 Å². The number of benzene rings is 1. The van der Waals surface area contributed by atoms with Crippen molar-refractivity contribution in [2.45, 2.75) is 63.5 Å². The molecule has 0 atom stereocenters. The van der Waals surface area contributed by atoms with Gasteiger partial charge in [-0.05, 0) is 70.0 Å². The molecule has 3 aliphatic rings. The highest BCUT2D eigenvalue weighted by Gasteiger charge is 2.33. The lowest BCUT2D eigenvalue weighted by molar-refractivity contribution is 0.0542. The van der Waals surface area contributed by atoms with Gasteiger partial charge in [0.1, 0.15) is 17.8 Å². The average molecular weight is 555 g/mol. The van der Waals surface area contributed by atoms with Crippen LogP contribution < -0.4 is 4.90 Å². The number of piperidine rings is 3. The van der Waals surface area contributed by atoms with Crippen LogP contribution in [0.15, 0.2) is 36.7 Å². The van der Waals surface area contributed by atoms with Gasteiger partial charge in [-0.2, -0.15) is 0 Å². The third-order valence-corrected chi connectivity index (χ3v) is 10.5. The molecule has 10 heteroatoms. The highest BCUT2D eigenvalue weighted by atomic mass is 32.2. The molecule has 0 saturated carbocycles. The second kappa shape index (κ2) is 11.9. The number of anilines is 1. The molecule has 212 valence electrons. The van der Waals surface area contributed by atoms with Crippen molar-refractivity contribution >= 4 is 21.7 Å². The van der Waals surface area contributed by atoms with Gasteiger partial charge in [0.2, 0.25) is 10.0 Å². The molecule has 0 spiro atoms. The van der Waals surface area contributed by atoms with Gasteiger partial charge in [-0.1, -0.05) is 30.3 Å². The van der Waals surface area contributed by atoms with Crippen molar-refractivity contribution < 1.29 is 13.2 Å². The van der Waals surface area contributed by atoms with Crippen molar-refractivity contribution in [1.29, 1.82) is 0 Å². The van der Waals surface area contributed by atoms with Crippen LogP contribution in [-0.4, -0.2) is 103 Å². The van der Waals surface area contributed by atoms with Crippen LogP contribution in [0.1, 0.15) is 66.1 Å². The predicted octanol–water partition coefficient (Wildman–Crippen LogP) is 3.13. The van der Waals surface area contributed by atoms with E-state index in [9.17, 15) is 13.2 Å². The molecule has 3 aliphatic heterocycles. The van der Waals surface area contributed by atoms with Gasteiger partial charge < -0.3 is 14.7 Å². The smallest absolute Gasteiger partial charge is 0.272 e. The summed E-state index contributed by atoms with van der Waals surface area (Å²) in [4.78, 5) is 29.3. The van der Waals surface area contributed by atoms with Crippen molar-refractivity contribution in [3.8, 4) is 0 Å². The number of hydrogen-bond donors (Lipinski definition) is 0. The Kier molecular flexibility index (Phi) is 8.54. The van der Waals surface area contributed by atoms with E-state index in [0.717, 1.165) is 76.1 Å². The third-order valence-electron chi connectivity index (χ3n) is 9.13. The minimum absolute atomic E-state index is 0.00209. The molecule has 0 bridgehead atoms. The van der Waals surface area contributed by atoms with Gasteiger partial charge in [0.25, 0.3) is 5.91 Å². The standard InChI is InChI=1S/C29H42N6O3S/c1-22-27(30-21-31-28(22)34-15-9-24(10-16-34)23-7-5-4-6-8-23)29(36)35-19-13-26(14-20-35)33-17-11-25(12-18-33)32(2)39(3,37)38/h4-8,21,24-26H,9-20H2,1-3H3. The first kappa shape index (κ1) is 28.0. The summed E-state index contributed by atoms with van der Waals surface area (Å²) >= 11 is 0. The maximum absolute atomic E-state index is 13.5. The van der Waals surface area contributed by atoms with Crippen molar-refractivity contribution in [2.24, 2.45) is 0 Å². The van der Waals surface area contributed by atoms with Crippen LogP contribution >= 0.6 is 0 Å². The first-order valence-electron chi connectivity index (χ1n) is 14.3. The van der Waals surface area contributed by atoms with Gasteiger partial charge in [0.15, 0.2) is 0 Å². The highest BCUT2D eigenvalue weighted by molar-refractivity contribution is 7.88. The van der Waals surface area contributed by atoms with Crippen molar-refractivity contribution in [3.05, 3.63) is 53.5 Å². The lowest BCUT2D eigenvalue weighted by Gasteiger charge is -2.43. The van der Waals surface area contributed by atoms with E-state index < -0.39 is 10.0 Å². The highest BCUT2D eigenvalue weighted by Crippen LogP contribution is 2.32. The van der Waals surface area contributed by atoms with Gasteiger partial charge in [0.05, 0.1) is 6.26 Å². The number of sulfonamides is 1. The molecule has 0 unspecified atom stereocenters. The maximum Gasteiger partial charge on any atom is 0.272 e. The maximum atomic E-state index is 13.5. The van der Waals surface area contributed by atoms with E-state index in [0.29, 0.717) is 30.7 Å². The predicted molar refractivity (Wildman–Crippen MR) is 154 cm³/mol. The quantitative estimate of drug-likeness (QED) is 0.542. The second-order valence-electron chi connectivity index (χ2n) is 11.4. The van der Waals surface area contributed by atoms with E-state index in [1.165, 1.54) is 16.1 Å². The molecular formula is C29H42N6O3S. The molecule has 39 heavy (non-hydrogen) atoms. The summed E-state index contributed by atoms with van der Waals surface area (Å²) < 4.78 is 25.3. The molecule has 3 fully saturated rings. The monoisotopic (exact) mass is 554 g/mol. The summed E-state index contributed by atoms with van der Waals surface area (Å²) in [5.74, 6) is 1.46. The Labute approximate surface area is 233 Å². The van der Waals surface area contributed by atoms with E-state index >= 15 is 0 Å². The van der Waals surface area contributed by atoms with E-state index in [1.54, 1.807) is 13.4 Å². The molecular weight excluding hydrogens is 512 g/mol. The first-order chi connectivity index (χ1) is 18.7. The van der Waals surface area contributed by atoms with Crippen LogP contribution in [0.2, 0.25) is 0 Å². The Morgan fingerprint density at radius 2 is 1.54 bits per heavy atom. The van der Waals surface area contributed by atoms with Crippen molar-refractivity contribution in [1.82, 2.24) is 24.1 Å². The van der Waals surface area contributed by atoms with E-state index in [4.69, 9.17) is 0 Å². The molecule has 9 nitrogen and oxygen atoms in total. The summed E-state index contributed by atoms with van der Waals surface area (Å²) in [7, 11) is -1.47. The number of aromatic nitrogens is 2. The van der Waals surface area contributed by atoms with E-state index in [2.05, 4.69) is 50.1 Å². The van der Waals surface area contributed by atoms with Crippen molar-refractivity contribution in [3.63, 3.8) is 0 Å². The van der Waals surface area contributed by atoms with Gasteiger partial charge >= 0.3 is 0 Å². The van der Waals surface area contributed by atoms with Gasteiger partial charge in [0, 0.05) is 50.9 Å². The zero-order valence-corrected chi connectivity index (χ0v) is 24.3. The summed E-state index contributed by atoms with van der Waals surface area (Å²) in [6.45, 7) is 7.06. The number of hydrogen-bond acceptors (Lipinski definition) is 7. The number of carbonyl (C=O) groups excluding carboxylic acids is 1. The van der Waals surface area contributed by atoms with E-state index in [1.807, 2.05) is 11.8 Å². The zero-order valence-electron chi connectivity index (χ0n) is 23.5. The molecule has 0 aliphatic carbocycles. The summed E-state index contributed by atoms with van der Waals surface area (Å²) in [6.07, 6.45) is 8.55. The number of rotatable bonds is 6. The normalized spacial score (nSPS) is 21.0. The number of likely N-dealkylation sites (tertiary alicyclic amines) is 2. The lowest BCUT2D eigenvalue weighted by Crippen LogP contribution is -2.52. The van der Waals surface area contributed by atoms with Crippen LogP contribution in [0.4, 0.5) is 5.82 Å². The van der Waals surface area contributed by atoms with E-state index in [-0.39, 0.29) is 11.9 Å². The van der Waals surface area contributed by atoms with Crippen LogP contribution in [0, 0.1) is 6.92 Å². The first-order valence-corrected chi connectivity index (χ1v) is 16.1. The molecule has 4 heterocycles. The summed E-state index contributed by atoms with van der Waals surface area (Å²) in [5, 5.41) is 0.